The van der Waals surface area contributed by atoms with Gasteiger partial charge in [0.2, 0.25) is 0 Å². The van der Waals surface area contributed by atoms with E-state index in [0.717, 1.165) is 26.1 Å². The van der Waals surface area contributed by atoms with E-state index in [1.165, 1.54) is 12.8 Å². The molecule has 0 rings (SSSR count). The molecule has 0 aliphatic rings. The van der Waals surface area contributed by atoms with Crippen LogP contribution in [0.4, 0.5) is 0 Å². The van der Waals surface area contributed by atoms with Gasteiger partial charge in [0.15, 0.2) is 0 Å². The first-order chi connectivity index (χ1) is 13.0. The first-order valence-electron chi connectivity index (χ1n) is 11.3. The number of hydrogen-bond acceptors (Lipinski definition) is 4. The smallest absolute Gasteiger partial charge is 0.0701 e. The van der Waals surface area contributed by atoms with Crippen LogP contribution >= 0.6 is 0 Å². The van der Waals surface area contributed by atoms with Crippen molar-refractivity contribution in [3.8, 4) is 0 Å². The predicted molar refractivity (Wildman–Crippen MR) is 119 cm³/mol. The Morgan fingerprint density at radius 1 is 0.464 bits per heavy atom. The van der Waals surface area contributed by atoms with E-state index in [2.05, 4.69) is 55.4 Å². The molecular formula is C24H50O4. The fourth-order valence-electron chi connectivity index (χ4n) is 3.63. The maximum Gasteiger partial charge on any atom is 0.0701 e. The molecule has 170 valence electrons. The zero-order chi connectivity index (χ0) is 21.5. The van der Waals surface area contributed by atoms with Crippen molar-refractivity contribution in [2.24, 2.45) is 22.7 Å². The lowest BCUT2D eigenvalue weighted by Crippen LogP contribution is -2.15. The standard InChI is InChI=1S/C24H50O4/c1-21(19-23(3,4)5)9-11-25-13-15-27-17-18-28-16-14-26-12-10-22(2)20-24(6,7)8/h21-22H,9-20H2,1-8H3. The van der Waals surface area contributed by atoms with Crippen molar-refractivity contribution in [2.75, 3.05) is 52.9 Å². The highest BCUT2D eigenvalue weighted by Gasteiger charge is 2.15. The molecule has 2 unspecified atom stereocenters. The lowest BCUT2D eigenvalue weighted by Gasteiger charge is -2.23. The molecule has 0 amide bonds. The minimum absolute atomic E-state index is 0.401. The molecule has 0 aliphatic heterocycles. The average Bonchev–Trinajstić information content (AvgIpc) is 2.51. The predicted octanol–water partition coefficient (Wildman–Crippen LogP) is 5.98. The van der Waals surface area contributed by atoms with Crippen molar-refractivity contribution < 1.29 is 18.9 Å². The summed E-state index contributed by atoms with van der Waals surface area (Å²) in [5, 5.41) is 0. The molecule has 0 aliphatic carbocycles. The summed E-state index contributed by atoms with van der Waals surface area (Å²) in [6, 6.07) is 0. The van der Waals surface area contributed by atoms with Crippen molar-refractivity contribution >= 4 is 0 Å². The second-order valence-corrected chi connectivity index (χ2v) is 10.8. The van der Waals surface area contributed by atoms with Crippen LogP contribution < -0.4 is 0 Å². The Kier molecular flexibility index (Phi) is 15.6. The van der Waals surface area contributed by atoms with Gasteiger partial charge in [-0.15, -0.1) is 0 Å². The Labute approximate surface area is 176 Å². The highest BCUT2D eigenvalue weighted by atomic mass is 16.6. The quantitative estimate of drug-likeness (QED) is 0.281. The SMILES string of the molecule is CC(CCOCCOCCOCCOCCC(C)CC(C)(C)C)CC(C)(C)C. The van der Waals surface area contributed by atoms with Crippen LogP contribution in [0.2, 0.25) is 0 Å². The van der Waals surface area contributed by atoms with Crippen LogP contribution in [0.15, 0.2) is 0 Å². The van der Waals surface area contributed by atoms with Gasteiger partial charge in [0.05, 0.1) is 39.6 Å². The second-order valence-electron chi connectivity index (χ2n) is 10.8. The van der Waals surface area contributed by atoms with Gasteiger partial charge >= 0.3 is 0 Å². The van der Waals surface area contributed by atoms with E-state index in [-0.39, 0.29) is 0 Å². The van der Waals surface area contributed by atoms with Gasteiger partial charge in [-0.3, -0.25) is 0 Å². The van der Waals surface area contributed by atoms with Gasteiger partial charge in [-0.1, -0.05) is 55.4 Å². The van der Waals surface area contributed by atoms with E-state index in [4.69, 9.17) is 18.9 Å². The average molecular weight is 403 g/mol. The van der Waals surface area contributed by atoms with Gasteiger partial charge in [0.1, 0.15) is 0 Å². The second kappa shape index (κ2) is 15.6. The Bertz CT molecular complexity index is 309. The molecule has 0 fully saturated rings. The number of ether oxygens (including phenoxy) is 4. The molecule has 0 aromatic carbocycles. The van der Waals surface area contributed by atoms with Crippen LogP contribution in [-0.4, -0.2) is 52.9 Å². The van der Waals surface area contributed by atoms with Gasteiger partial charge in [-0.05, 0) is 48.3 Å². The van der Waals surface area contributed by atoms with Gasteiger partial charge in [0, 0.05) is 13.2 Å². The van der Waals surface area contributed by atoms with E-state index in [1.807, 2.05) is 0 Å². The monoisotopic (exact) mass is 402 g/mol. The maximum atomic E-state index is 5.65. The first kappa shape index (κ1) is 27.8. The summed E-state index contributed by atoms with van der Waals surface area (Å²) in [7, 11) is 0. The van der Waals surface area contributed by atoms with Gasteiger partial charge in [-0.25, -0.2) is 0 Å². The van der Waals surface area contributed by atoms with Gasteiger partial charge < -0.3 is 18.9 Å². The third-order valence-electron chi connectivity index (χ3n) is 4.55. The zero-order valence-corrected chi connectivity index (χ0v) is 20.3. The third kappa shape index (κ3) is 22.1. The summed E-state index contributed by atoms with van der Waals surface area (Å²) in [6.45, 7) is 23.8. The largest absolute Gasteiger partial charge is 0.379 e. The molecular weight excluding hydrogens is 352 g/mol. The van der Waals surface area contributed by atoms with Gasteiger partial charge in [-0.2, -0.15) is 0 Å². The van der Waals surface area contributed by atoms with Crippen LogP contribution in [0.25, 0.3) is 0 Å². The number of hydrogen-bond donors (Lipinski definition) is 0. The van der Waals surface area contributed by atoms with Crippen LogP contribution in [0, 0.1) is 22.7 Å². The molecule has 4 nitrogen and oxygen atoms in total. The van der Waals surface area contributed by atoms with E-state index in [9.17, 15) is 0 Å². The van der Waals surface area contributed by atoms with E-state index in [1.54, 1.807) is 0 Å². The molecule has 2 atom stereocenters. The molecule has 0 bridgehead atoms. The van der Waals surface area contributed by atoms with Gasteiger partial charge in [0.25, 0.3) is 0 Å². The Hall–Kier alpha value is -0.160. The molecule has 0 saturated carbocycles. The normalized spacial score (nSPS) is 15.0. The highest BCUT2D eigenvalue weighted by molar-refractivity contribution is 4.66. The molecule has 0 heterocycles. The van der Waals surface area contributed by atoms with Crippen molar-refractivity contribution in [3.63, 3.8) is 0 Å². The van der Waals surface area contributed by atoms with E-state index >= 15 is 0 Å². The first-order valence-corrected chi connectivity index (χ1v) is 11.3. The van der Waals surface area contributed by atoms with Crippen molar-refractivity contribution in [3.05, 3.63) is 0 Å². The van der Waals surface area contributed by atoms with Crippen LogP contribution in [-0.2, 0) is 18.9 Å². The van der Waals surface area contributed by atoms with Crippen LogP contribution in [0.5, 0.6) is 0 Å². The lowest BCUT2D eigenvalue weighted by atomic mass is 9.84. The zero-order valence-electron chi connectivity index (χ0n) is 20.3. The maximum absolute atomic E-state index is 5.65. The summed E-state index contributed by atoms with van der Waals surface area (Å²) in [5.41, 5.74) is 0.802. The fourth-order valence-corrected chi connectivity index (χ4v) is 3.63. The van der Waals surface area contributed by atoms with Crippen LogP contribution in [0.3, 0.4) is 0 Å². The molecule has 0 radical (unpaired) electrons. The van der Waals surface area contributed by atoms with E-state index in [0.29, 0.717) is 62.3 Å². The summed E-state index contributed by atoms with van der Waals surface area (Å²) in [6.07, 6.45) is 4.72. The van der Waals surface area contributed by atoms with Crippen molar-refractivity contribution in [1.29, 1.82) is 0 Å². The molecule has 4 heteroatoms. The highest BCUT2D eigenvalue weighted by Crippen LogP contribution is 2.26. The minimum atomic E-state index is 0.401. The Morgan fingerprint density at radius 2 is 0.714 bits per heavy atom. The van der Waals surface area contributed by atoms with E-state index < -0.39 is 0 Å². The molecule has 0 aromatic heterocycles. The molecule has 0 spiro atoms. The molecule has 0 saturated heterocycles. The molecule has 0 aromatic rings. The Balaban J connectivity index is 3.26. The molecule has 28 heavy (non-hydrogen) atoms. The third-order valence-corrected chi connectivity index (χ3v) is 4.55. The summed E-state index contributed by atoms with van der Waals surface area (Å²) in [4.78, 5) is 0. The Morgan fingerprint density at radius 3 is 0.964 bits per heavy atom. The minimum Gasteiger partial charge on any atom is -0.379 e. The summed E-state index contributed by atoms with van der Waals surface area (Å²) < 4.78 is 22.4. The topological polar surface area (TPSA) is 36.9 Å². The molecule has 0 N–H and O–H groups in total. The van der Waals surface area contributed by atoms with Crippen molar-refractivity contribution in [2.45, 2.75) is 81.1 Å². The number of rotatable bonds is 17. The summed E-state index contributed by atoms with van der Waals surface area (Å²) in [5.74, 6) is 1.41. The lowest BCUT2D eigenvalue weighted by molar-refractivity contribution is -0.00450. The van der Waals surface area contributed by atoms with Crippen LogP contribution in [0.1, 0.15) is 81.1 Å². The summed E-state index contributed by atoms with van der Waals surface area (Å²) >= 11 is 0. The van der Waals surface area contributed by atoms with Crippen molar-refractivity contribution in [1.82, 2.24) is 0 Å². The fraction of sp³-hybridized carbons (Fsp3) is 1.00.